The summed E-state index contributed by atoms with van der Waals surface area (Å²) in [7, 11) is 3.50. The molecule has 6 nitrogen and oxygen atoms in total. The number of methoxy groups -OCH3 is 2. The van der Waals surface area contributed by atoms with Gasteiger partial charge in [0, 0.05) is 38.8 Å². The lowest BCUT2D eigenvalue weighted by molar-refractivity contribution is -0.325. The summed E-state index contributed by atoms with van der Waals surface area (Å²) in [6.07, 6.45) is 7.71. The van der Waals surface area contributed by atoms with Crippen molar-refractivity contribution in [1.29, 1.82) is 0 Å². The number of hydrogen-bond donors (Lipinski definition) is 0. The third-order valence-electron chi connectivity index (χ3n) is 10.1. The molecule has 1 saturated heterocycles. The quantitative estimate of drug-likeness (QED) is 0.326. The Balaban J connectivity index is 1.38. The van der Waals surface area contributed by atoms with Crippen molar-refractivity contribution in [2.24, 2.45) is 5.92 Å². The zero-order valence-corrected chi connectivity index (χ0v) is 22.6. The highest BCUT2D eigenvalue weighted by atomic mass is 16.7. The fourth-order valence-corrected chi connectivity index (χ4v) is 8.25. The van der Waals surface area contributed by atoms with Gasteiger partial charge in [0.25, 0.3) is 0 Å². The van der Waals surface area contributed by atoms with Crippen LogP contribution in [0.15, 0.2) is 55.1 Å². The minimum absolute atomic E-state index is 0.282. The highest BCUT2D eigenvalue weighted by Gasteiger charge is 2.77. The van der Waals surface area contributed by atoms with Crippen molar-refractivity contribution in [2.75, 3.05) is 33.9 Å². The van der Waals surface area contributed by atoms with Gasteiger partial charge in [-0.3, -0.25) is 4.90 Å². The number of hydrogen-bond acceptors (Lipinski definition) is 6. The number of likely N-dealkylation sites (tertiary alicyclic amines) is 1. The Labute approximate surface area is 225 Å². The van der Waals surface area contributed by atoms with E-state index in [9.17, 15) is 0 Å². The molecule has 1 spiro atoms. The van der Waals surface area contributed by atoms with Gasteiger partial charge in [-0.15, -0.1) is 6.58 Å². The summed E-state index contributed by atoms with van der Waals surface area (Å²) in [5.74, 6) is 1.61. The van der Waals surface area contributed by atoms with Gasteiger partial charge >= 0.3 is 0 Å². The summed E-state index contributed by atoms with van der Waals surface area (Å²) < 4.78 is 32.9. The Kier molecular flexibility index (Phi) is 5.89. The third kappa shape index (κ3) is 3.33. The normalized spacial score (nSPS) is 32.4. The fourth-order valence-electron chi connectivity index (χ4n) is 8.25. The summed E-state index contributed by atoms with van der Waals surface area (Å²) >= 11 is 0. The molecule has 1 unspecified atom stereocenters. The van der Waals surface area contributed by atoms with E-state index >= 15 is 0 Å². The minimum Gasteiger partial charge on any atom is -0.485 e. The van der Waals surface area contributed by atoms with Gasteiger partial charge in [-0.05, 0) is 61.8 Å². The molecule has 0 aromatic heterocycles. The molecule has 5 aliphatic rings. The molecule has 3 fully saturated rings. The van der Waals surface area contributed by atoms with Crippen LogP contribution in [0.5, 0.6) is 11.5 Å². The molecule has 2 aromatic rings. The summed E-state index contributed by atoms with van der Waals surface area (Å²) in [5.41, 5.74) is 2.94. The van der Waals surface area contributed by atoms with E-state index < -0.39 is 11.4 Å². The van der Waals surface area contributed by atoms with E-state index in [1.54, 1.807) is 14.2 Å². The van der Waals surface area contributed by atoms with E-state index in [4.69, 9.17) is 23.7 Å². The predicted octanol–water partition coefficient (Wildman–Crippen LogP) is 5.03. The van der Waals surface area contributed by atoms with Crippen molar-refractivity contribution in [3.05, 3.63) is 71.8 Å². The Morgan fingerprint density at radius 2 is 1.87 bits per heavy atom. The van der Waals surface area contributed by atoms with Gasteiger partial charge in [0.05, 0.1) is 17.6 Å². The number of benzene rings is 2. The van der Waals surface area contributed by atoms with Crippen LogP contribution in [0.4, 0.5) is 0 Å². The average molecular weight is 518 g/mol. The maximum Gasteiger partial charge on any atom is 0.206 e. The van der Waals surface area contributed by atoms with Crippen LogP contribution in [0.25, 0.3) is 0 Å². The Hall–Kier alpha value is -2.38. The summed E-state index contributed by atoms with van der Waals surface area (Å²) in [6.45, 7) is 7.20. The van der Waals surface area contributed by atoms with Crippen LogP contribution in [0.3, 0.4) is 0 Å². The first-order valence-corrected chi connectivity index (χ1v) is 14.2. The van der Waals surface area contributed by atoms with Gasteiger partial charge in [0.15, 0.2) is 17.6 Å². The second kappa shape index (κ2) is 9.09. The first-order valence-electron chi connectivity index (χ1n) is 14.2. The second-order valence-corrected chi connectivity index (χ2v) is 11.8. The van der Waals surface area contributed by atoms with Gasteiger partial charge in [-0.25, -0.2) is 0 Å². The maximum atomic E-state index is 7.03. The second-order valence-electron chi connectivity index (χ2n) is 11.8. The maximum absolute atomic E-state index is 7.03. The van der Waals surface area contributed by atoms with Crippen LogP contribution in [-0.4, -0.2) is 62.3 Å². The lowest BCUT2D eigenvalue weighted by Crippen LogP contribution is -2.80. The van der Waals surface area contributed by atoms with Crippen molar-refractivity contribution in [1.82, 2.24) is 4.90 Å². The predicted molar refractivity (Wildman–Crippen MR) is 145 cm³/mol. The highest BCUT2D eigenvalue weighted by molar-refractivity contribution is 5.63. The molecule has 6 heteroatoms. The van der Waals surface area contributed by atoms with Crippen molar-refractivity contribution < 1.29 is 23.7 Å². The molecule has 0 radical (unpaired) electrons. The van der Waals surface area contributed by atoms with Crippen molar-refractivity contribution in [2.45, 2.75) is 74.1 Å². The van der Waals surface area contributed by atoms with Crippen LogP contribution >= 0.6 is 0 Å². The van der Waals surface area contributed by atoms with Crippen LogP contribution in [0, 0.1) is 5.92 Å². The van der Waals surface area contributed by atoms with Gasteiger partial charge in [0.1, 0.15) is 6.61 Å². The average Bonchev–Trinajstić information content (AvgIpc) is 3.70. The smallest absolute Gasteiger partial charge is 0.206 e. The van der Waals surface area contributed by atoms with Crippen molar-refractivity contribution in [3.63, 3.8) is 0 Å². The number of piperidine rings is 1. The van der Waals surface area contributed by atoms with Crippen molar-refractivity contribution >= 4 is 0 Å². The highest BCUT2D eigenvalue weighted by Crippen LogP contribution is 2.69. The molecular formula is C32H39NO5. The third-order valence-corrected chi connectivity index (χ3v) is 10.1. The van der Waals surface area contributed by atoms with Crippen LogP contribution in [-0.2, 0) is 32.7 Å². The lowest BCUT2D eigenvalue weighted by Gasteiger charge is -2.67. The van der Waals surface area contributed by atoms with Gasteiger partial charge in [-0.2, -0.15) is 0 Å². The molecule has 3 aliphatic carbocycles. The van der Waals surface area contributed by atoms with Crippen molar-refractivity contribution in [3.8, 4) is 11.5 Å². The largest absolute Gasteiger partial charge is 0.485 e. The van der Waals surface area contributed by atoms with E-state index in [-0.39, 0.29) is 17.6 Å². The molecule has 0 amide bonds. The van der Waals surface area contributed by atoms with Crippen LogP contribution < -0.4 is 9.47 Å². The number of nitrogens with zero attached hydrogens (tertiary/aromatic N) is 1. The van der Waals surface area contributed by atoms with Gasteiger partial charge in [-0.1, -0.05) is 42.5 Å². The zero-order valence-electron chi connectivity index (χ0n) is 22.6. The molecule has 0 N–H and O–H groups in total. The summed E-state index contributed by atoms with van der Waals surface area (Å²) in [5, 5.41) is 0. The van der Waals surface area contributed by atoms with E-state index in [2.05, 4.69) is 35.7 Å². The lowest BCUT2D eigenvalue weighted by atomic mass is 9.48. The topological polar surface area (TPSA) is 49.4 Å². The Morgan fingerprint density at radius 1 is 1.05 bits per heavy atom. The van der Waals surface area contributed by atoms with E-state index in [1.807, 2.05) is 24.3 Å². The molecule has 2 heterocycles. The van der Waals surface area contributed by atoms with Crippen LogP contribution in [0.2, 0.25) is 0 Å². The number of ether oxygens (including phenoxy) is 5. The monoisotopic (exact) mass is 517 g/mol. The summed E-state index contributed by atoms with van der Waals surface area (Å²) in [6, 6.07) is 14.9. The Bertz CT molecular complexity index is 1210. The Morgan fingerprint density at radius 3 is 2.61 bits per heavy atom. The van der Waals surface area contributed by atoms with E-state index in [1.165, 1.54) is 24.0 Å². The fraction of sp³-hybridized carbons (Fsp3) is 0.562. The molecule has 202 valence electrons. The van der Waals surface area contributed by atoms with E-state index in [0.717, 1.165) is 55.3 Å². The molecule has 2 aliphatic heterocycles. The molecular weight excluding hydrogens is 478 g/mol. The minimum atomic E-state index is -0.853. The molecule has 2 saturated carbocycles. The molecule has 2 aromatic carbocycles. The SMILES string of the molecule is C=CCOC12CCC(OC)(OC)[C@@H]3Oc4c(OCc5ccccc5)ccc5c4[C@@]31CCN(CC1CC1)[C@@H]2C5. The molecule has 7 rings (SSSR count). The molecule has 2 bridgehead atoms. The molecule has 4 atom stereocenters. The summed E-state index contributed by atoms with van der Waals surface area (Å²) in [4.78, 5) is 2.73. The van der Waals surface area contributed by atoms with Gasteiger partial charge in [0.2, 0.25) is 5.79 Å². The standard InChI is InChI=1S/C32H39NO5/c1-4-18-37-31-14-15-32(34-2,35-3)29-30(31)16-17-33(20-22-10-11-22)26(31)19-24-12-13-25(28(38-29)27(24)30)36-21-23-8-6-5-7-9-23/h4-9,12-13,22,26,29H,1,10-11,14-21H2,2-3H3/t26-,29-,30+,31?/m1/s1. The van der Waals surface area contributed by atoms with Gasteiger partial charge < -0.3 is 23.7 Å². The number of rotatable bonds is 10. The first kappa shape index (κ1) is 24.6. The van der Waals surface area contributed by atoms with Crippen LogP contribution in [0.1, 0.15) is 48.8 Å². The van der Waals surface area contributed by atoms with E-state index in [0.29, 0.717) is 19.6 Å². The molecule has 38 heavy (non-hydrogen) atoms. The first-order chi connectivity index (χ1) is 18.6. The zero-order chi connectivity index (χ0) is 26.0.